The lowest BCUT2D eigenvalue weighted by molar-refractivity contribution is 0.435. The van der Waals surface area contributed by atoms with E-state index < -0.39 is 0 Å². The Hall–Kier alpha value is -2.90. The van der Waals surface area contributed by atoms with Gasteiger partial charge in [0.1, 0.15) is 5.82 Å². The average Bonchev–Trinajstić information content (AvgIpc) is 3.38. The summed E-state index contributed by atoms with van der Waals surface area (Å²) in [5.41, 5.74) is 3.59. The number of nitrogens with one attached hydrogen (secondary N) is 2. The van der Waals surface area contributed by atoms with Crippen LogP contribution in [0.2, 0.25) is 5.02 Å². The third-order valence-electron chi connectivity index (χ3n) is 7.40. The van der Waals surface area contributed by atoms with E-state index in [4.69, 9.17) is 28.8 Å². The van der Waals surface area contributed by atoms with Crippen LogP contribution in [0.3, 0.4) is 0 Å². The lowest BCUT2D eigenvalue weighted by atomic mass is 9.79. The van der Waals surface area contributed by atoms with Crippen molar-refractivity contribution in [2.24, 2.45) is 0 Å². The number of anilines is 3. The Morgan fingerprint density at radius 1 is 0.944 bits per heavy atom. The lowest BCUT2D eigenvalue weighted by Crippen LogP contribution is -2.47. The van der Waals surface area contributed by atoms with Crippen molar-refractivity contribution < 1.29 is 0 Å². The van der Waals surface area contributed by atoms with Crippen LogP contribution in [0.15, 0.2) is 60.7 Å². The Kier molecular flexibility index (Phi) is 7.58. The van der Waals surface area contributed by atoms with Gasteiger partial charge >= 0.3 is 0 Å². The Morgan fingerprint density at radius 2 is 1.61 bits per heavy atom. The van der Waals surface area contributed by atoms with Crippen LogP contribution in [-0.4, -0.2) is 47.8 Å². The highest BCUT2D eigenvalue weighted by atomic mass is 35.5. The van der Waals surface area contributed by atoms with Crippen molar-refractivity contribution in [2.75, 3.05) is 47.8 Å². The fraction of sp³-hybridized carbons (Fsp3) is 0.393. The van der Waals surface area contributed by atoms with Gasteiger partial charge in [0.15, 0.2) is 5.11 Å². The minimum absolute atomic E-state index is 0.0768. The average molecular weight is 521 g/mol. The molecule has 5 rings (SSSR count). The molecule has 1 saturated carbocycles. The molecule has 2 N–H and O–H groups in total. The zero-order chi connectivity index (χ0) is 25.0. The van der Waals surface area contributed by atoms with Crippen LogP contribution >= 0.6 is 23.8 Å². The molecule has 0 unspecified atom stereocenters. The molecule has 1 saturated heterocycles. The van der Waals surface area contributed by atoms with Crippen LogP contribution < -0.4 is 20.4 Å². The first-order chi connectivity index (χ1) is 17.5. The second kappa shape index (κ2) is 11.0. The van der Waals surface area contributed by atoms with Crippen LogP contribution in [0.5, 0.6) is 0 Å². The summed E-state index contributed by atoms with van der Waals surface area (Å²) in [5.74, 6) is 1.48. The second-order valence-corrected chi connectivity index (χ2v) is 10.6. The lowest BCUT2D eigenvalue weighted by Gasteiger charge is -2.36. The summed E-state index contributed by atoms with van der Waals surface area (Å²) in [6.07, 6.45) is 4.74. The summed E-state index contributed by atoms with van der Waals surface area (Å²) in [6, 6.07) is 20.9. The van der Waals surface area contributed by atoms with Gasteiger partial charge in [-0.2, -0.15) is 4.98 Å². The molecule has 188 valence electrons. The molecule has 2 aliphatic rings. The highest BCUT2D eigenvalue weighted by molar-refractivity contribution is 7.80. The number of hydrogen-bond donors (Lipinski definition) is 2. The number of hydrogen-bond acceptors (Lipinski definition) is 5. The molecule has 2 aromatic carbocycles. The van der Waals surface area contributed by atoms with Crippen molar-refractivity contribution in [1.82, 2.24) is 15.3 Å². The van der Waals surface area contributed by atoms with E-state index >= 15 is 0 Å². The number of aromatic nitrogens is 2. The number of nitrogens with zero attached hydrogens (tertiary/aromatic N) is 4. The topological polar surface area (TPSA) is 56.3 Å². The molecule has 3 aromatic rings. The van der Waals surface area contributed by atoms with Crippen molar-refractivity contribution in [3.8, 4) is 0 Å². The summed E-state index contributed by atoms with van der Waals surface area (Å²) in [7, 11) is 0. The van der Waals surface area contributed by atoms with Gasteiger partial charge in [-0.05, 0) is 61.8 Å². The summed E-state index contributed by atoms with van der Waals surface area (Å²) < 4.78 is 0. The van der Waals surface area contributed by atoms with E-state index in [1.165, 1.54) is 24.1 Å². The molecule has 0 amide bonds. The van der Waals surface area contributed by atoms with Crippen LogP contribution in [0.4, 0.5) is 17.5 Å². The highest BCUT2D eigenvalue weighted by Crippen LogP contribution is 2.41. The van der Waals surface area contributed by atoms with E-state index in [0.29, 0.717) is 11.1 Å². The summed E-state index contributed by atoms with van der Waals surface area (Å²) in [4.78, 5) is 14.1. The summed E-state index contributed by atoms with van der Waals surface area (Å²) in [5, 5.41) is 8.02. The first kappa shape index (κ1) is 24.8. The third kappa shape index (κ3) is 5.73. The number of piperazine rings is 1. The highest BCUT2D eigenvalue weighted by Gasteiger charge is 2.35. The standard InChI is InChI=1S/C28H33ClN6S/c1-21-19-25(35-17-15-34(16-18-35)24-7-3-2-4-8-24)32-26(31-21)33-27(36)30-20-28(13-5-6-14-28)22-9-11-23(29)12-10-22/h2-4,7-12,19H,5-6,13-18,20H2,1H3,(H2,30,31,32,33,36). The number of thiocarbonyl (C=S) groups is 1. The van der Waals surface area contributed by atoms with Crippen LogP contribution in [0.25, 0.3) is 0 Å². The smallest absolute Gasteiger partial charge is 0.231 e. The Bertz CT molecular complexity index is 1170. The predicted molar refractivity (Wildman–Crippen MR) is 153 cm³/mol. The Morgan fingerprint density at radius 3 is 2.31 bits per heavy atom. The Balaban J connectivity index is 1.20. The molecule has 6 nitrogen and oxygen atoms in total. The van der Waals surface area contributed by atoms with Crippen molar-refractivity contribution in [2.45, 2.75) is 38.0 Å². The van der Waals surface area contributed by atoms with Crippen molar-refractivity contribution in [3.05, 3.63) is 76.9 Å². The molecule has 2 heterocycles. The zero-order valence-corrected chi connectivity index (χ0v) is 22.3. The fourth-order valence-electron chi connectivity index (χ4n) is 5.42. The molecular formula is C28H33ClN6S. The van der Waals surface area contributed by atoms with Crippen LogP contribution in [0.1, 0.15) is 36.9 Å². The van der Waals surface area contributed by atoms with E-state index in [2.05, 4.69) is 67.9 Å². The van der Waals surface area contributed by atoms with Gasteiger partial charge in [-0.3, -0.25) is 0 Å². The molecular weight excluding hydrogens is 488 g/mol. The molecule has 1 aliphatic heterocycles. The maximum absolute atomic E-state index is 6.13. The number of halogens is 1. The molecule has 0 bridgehead atoms. The number of benzene rings is 2. The van der Waals surface area contributed by atoms with Crippen LogP contribution in [-0.2, 0) is 5.41 Å². The first-order valence-electron chi connectivity index (χ1n) is 12.7. The summed E-state index contributed by atoms with van der Waals surface area (Å²) in [6.45, 7) is 6.53. The number of aryl methyl sites for hydroxylation is 1. The summed E-state index contributed by atoms with van der Waals surface area (Å²) >= 11 is 11.8. The number of rotatable bonds is 6. The van der Waals surface area contributed by atoms with Gasteiger partial charge in [-0.25, -0.2) is 4.98 Å². The van der Waals surface area contributed by atoms with E-state index in [0.717, 1.165) is 62.1 Å². The van der Waals surface area contributed by atoms with E-state index in [1.54, 1.807) is 0 Å². The molecule has 2 fully saturated rings. The molecule has 8 heteroatoms. The molecule has 1 aromatic heterocycles. The van der Waals surface area contributed by atoms with Crippen molar-refractivity contribution in [3.63, 3.8) is 0 Å². The van der Waals surface area contributed by atoms with E-state index in [1.807, 2.05) is 25.1 Å². The fourth-order valence-corrected chi connectivity index (χ4v) is 5.71. The molecule has 0 atom stereocenters. The molecule has 1 aliphatic carbocycles. The SMILES string of the molecule is Cc1cc(N2CCN(c3ccccc3)CC2)nc(NC(=S)NCC2(c3ccc(Cl)cc3)CCCC2)n1. The van der Waals surface area contributed by atoms with Gasteiger partial charge in [-0.1, -0.05) is 54.8 Å². The third-order valence-corrected chi connectivity index (χ3v) is 7.89. The van der Waals surface area contributed by atoms with Crippen LogP contribution in [0, 0.1) is 6.92 Å². The van der Waals surface area contributed by atoms with Gasteiger partial charge in [-0.15, -0.1) is 0 Å². The second-order valence-electron chi connectivity index (χ2n) is 9.80. The zero-order valence-electron chi connectivity index (χ0n) is 20.7. The predicted octanol–water partition coefficient (Wildman–Crippen LogP) is 5.56. The Labute approximate surface area is 224 Å². The van der Waals surface area contributed by atoms with Gasteiger partial charge < -0.3 is 20.4 Å². The van der Waals surface area contributed by atoms with Crippen molar-refractivity contribution in [1.29, 1.82) is 0 Å². The minimum Gasteiger partial charge on any atom is -0.368 e. The molecule has 0 spiro atoms. The quantitative estimate of drug-likeness (QED) is 0.412. The van der Waals surface area contributed by atoms with Gasteiger partial charge in [0.25, 0.3) is 0 Å². The van der Waals surface area contributed by atoms with E-state index in [9.17, 15) is 0 Å². The normalized spacial score (nSPS) is 17.2. The molecule has 36 heavy (non-hydrogen) atoms. The monoisotopic (exact) mass is 520 g/mol. The van der Waals surface area contributed by atoms with Gasteiger partial charge in [0, 0.05) is 60.6 Å². The number of para-hydroxylation sites is 1. The first-order valence-corrected chi connectivity index (χ1v) is 13.5. The van der Waals surface area contributed by atoms with Crippen molar-refractivity contribution >= 4 is 46.4 Å². The molecule has 0 radical (unpaired) electrons. The maximum Gasteiger partial charge on any atom is 0.231 e. The largest absolute Gasteiger partial charge is 0.368 e. The van der Waals surface area contributed by atoms with E-state index in [-0.39, 0.29) is 5.41 Å². The maximum atomic E-state index is 6.13. The van der Waals surface area contributed by atoms with Gasteiger partial charge in [0.05, 0.1) is 0 Å². The minimum atomic E-state index is 0.0768. The van der Waals surface area contributed by atoms with Gasteiger partial charge in [0.2, 0.25) is 5.95 Å².